The van der Waals surface area contributed by atoms with Crippen LogP contribution in [0.2, 0.25) is 0 Å². The molecular formula is C21H25N3O4. The average Bonchev–Trinajstić information content (AvgIpc) is 3.27. The lowest BCUT2D eigenvalue weighted by Crippen LogP contribution is -2.31. The summed E-state index contributed by atoms with van der Waals surface area (Å²) < 4.78 is 10.3. The first-order valence-electron chi connectivity index (χ1n) is 9.44. The Morgan fingerprint density at radius 2 is 1.89 bits per heavy atom. The number of hydrogen-bond donors (Lipinski definition) is 1. The smallest absolute Gasteiger partial charge is 0.342 e. The van der Waals surface area contributed by atoms with Crippen LogP contribution in [0.1, 0.15) is 28.8 Å². The van der Waals surface area contributed by atoms with Gasteiger partial charge >= 0.3 is 5.97 Å². The predicted octanol–water partition coefficient (Wildman–Crippen LogP) is 2.21. The first kappa shape index (κ1) is 19.7. The molecule has 7 nitrogen and oxygen atoms in total. The van der Waals surface area contributed by atoms with Crippen LogP contribution in [0.25, 0.3) is 0 Å². The van der Waals surface area contributed by atoms with Crippen molar-refractivity contribution in [3.8, 4) is 5.75 Å². The van der Waals surface area contributed by atoms with Crippen molar-refractivity contribution in [1.29, 1.82) is 0 Å². The van der Waals surface area contributed by atoms with E-state index in [9.17, 15) is 9.59 Å². The Morgan fingerprint density at radius 1 is 1.14 bits per heavy atom. The standard InChI is InChI=1S/C21H25N3O4/c1-27-17-8-6-16(7-9-17)10-12-22-19(25)15-28-21(26)18-5-4-11-23-20(18)24-13-2-3-14-24/h4-9,11H,2-3,10,12-15H2,1H3,(H,22,25). The fraction of sp³-hybridized carbons (Fsp3) is 0.381. The SMILES string of the molecule is COc1ccc(CCNC(=O)COC(=O)c2cccnc2N2CCCC2)cc1. The van der Waals surface area contributed by atoms with E-state index in [1.54, 1.807) is 25.4 Å². The summed E-state index contributed by atoms with van der Waals surface area (Å²) in [6.45, 7) is 1.91. The summed E-state index contributed by atoms with van der Waals surface area (Å²) in [5, 5.41) is 2.76. The molecule has 1 aliphatic heterocycles. The van der Waals surface area contributed by atoms with E-state index in [2.05, 4.69) is 15.2 Å². The molecule has 2 aromatic rings. The van der Waals surface area contributed by atoms with Gasteiger partial charge in [-0.2, -0.15) is 0 Å². The van der Waals surface area contributed by atoms with Gasteiger partial charge in [-0.1, -0.05) is 12.1 Å². The molecule has 1 aliphatic rings. The van der Waals surface area contributed by atoms with Crippen molar-refractivity contribution < 1.29 is 19.1 Å². The molecule has 0 aliphatic carbocycles. The highest BCUT2D eigenvalue weighted by molar-refractivity contribution is 5.96. The third-order valence-corrected chi connectivity index (χ3v) is 4.64. The minimum absolute atomic E-state index is 0.310. The Morgan fingerprint density at radius 3 is 2.61 bits per heavy atom. The second-order valence-corrected chi connectivity index (χ2v) is 6.59. The molecule has 3 rings (SSSR count). The van der Waals surface area contributed by atoms with E-state index in [-0.39, 0.29) is 12.5 Å². The number of carbonyl (C=O) groups is 2. The Labute approximate surface area is 164 Å². The van der Waals surface area contributed by atoms with Crippen LogP contribution in [0, 0.1) is 0 Å². The molecule has 1 saturated heterocycles. The zero-order valence-electron chi connectivity index (χ0n) is 16.0. The molecule has 1 N–H and O–H groups in total. The van der Waals surface area contributed by atoms with E-state index >= 15 is 0 Å². The minimum Gasteiger partial charge on any atom is -0.497 e. The molecule has 0 bridgehead atoms. The van der Waals surface area contributed by atoms with Gasteiger partial charge in [0, 0.05) is 25.8 Å². The number of nitrogens with zero attached hydrogens (tertiary/aromatic N) is 2. The fourth-order valence-electron chi connectivity index (χ4n) is 3.14. The number of amides is 1. The zero-order valence-corrected chi connectivity index (χ0v) is 16.0. The highest BCUT2D eigenvalue weighted by atomic mass is 16.5. The van der Waals surface area contributed by atoms with E-state index in [4.69, 9.17) is 9.47 Å². The number of aromatic nitrogens is 1. The Hall–Kier alpha value is -3.09. The number of pyridine rings is 1. The van der Waals surface area contributed by atoms with E-state index in [0.29, 0.717) is 24.3 Å². The summed E-state index contributed by atoms with van der Waals surface area (Å²) in [7, 11) is 1.62. The van der Waals surface area contributed by atoms with Crippen LogP contribution in [0.15, 0.2) is 42.6 Å². The van der Waals surface area contributed by atoms with Crippen molar-refractivity contribution in [2.75, 3.05) is 38.3 Å². The molecule has 1 aromatic carbocycles. The number of esters is 1. The summed E-state index contributed by atoms with van der Waals surface area (Å²) >= 11 is 0. The largest absolute Gasteiger partial charge is 0.497 e. The maximum atomic E-state index is 12.4. The molecule has 1 fully saturated rings. The van der Waals surface area contributed by atoms with Gasteiger partial charge < -0.3 is 19.7 Å². The number of ether oxygens (including phenoxy) is 2. The number of benzene rings is 1. The van der Waals surface area contributed by atoms with Crippen molar-refractivity contribution >= 4 is 17.7 Å². The normalized spacial score (nSPS) is 13.2. The highest BCUT2D eigenvalue weighted by Crippen LogP contribution is 2.22. The van der Waals surface area contributed by atoms with Crippen molar-refractivity contribution in [1.82, 2.24) is 10.3 Å². The molecule has 2 heterocycles. The van der Waals surface area contributed by atoms with Gasteiger partial charge in [-0.25, -0.2) is 9.78 Å². The van der Waals surface area contributed by atoms with Crippen LogP contribution in [0.5, 0.6) is 5.75 Å². The molecule has 1 amide bonds. The van der Waals surface area contributed by atoms with Gasteiger partial charge in [0.25, 0.3) is 5.91 Å². The summed E-state index contributed by atoms with van der Waals surface area (Å²) in [5.74, 6) is 0.571. The average molecular weight is 383 g/mol. The molecular weight excluding hydrogens is 358 g/mol. The second-order valence-electron chi connectivity index (χ2n) is 6.59. The van der Waals surface area contributed by atoms with Crippen molar-refractivity contribution in [2.45, 2.75) is 19.3 Å². The van der Waals surface area contributed by atoms with E-state index in [1.165, 1.54) is 0 Å². The fourth-order valence-corrected chi connectivity index (χ4v) is 3.14. The topological polar surface area (TPSA) is 80.8 Å². The molecule has 0 spiro atoms. The molecule has 0 atom stereocenters. The molecule has 1 aromatic heterocycles. The Kier molecular flexibility index (Phi) is 6.84. The maximum Gasteiger partial charge on any atom is 0.342 e. The van der Waals surface area contributed by atoms with E-state index in [1.807, 2.05) is 24.3 Å². The van der Waals surface area contributed by atoms with Gasteiger partial charge in [0.05, 0.1) is 7.11 Å². The predicted molar refractivity (Wildman–Crippen MR) is 106 cm³/mol. The first-order chi connectivity index (χ1) is 13.7. The van der Waals surface area contributed by atoms with Gasteiger partial charge in [0.2, 0.25) is 0 Å². The number of methoxy groups -OCH3 is 1. The van der Waals surface area contributed by atoms with Gasteiger partial charge in [-0.3, -0.25) is 4.79 Å². The molecule has 7 heteroatoms. The third kappa shape index (κ3) is 5.22. The van der Waals surface area contributed by atoms with E-state index in [0.717, 1.165) is 37.2 Å². The monoisotopic (exact) mass is 383 g/mol. The van der Waals surface area contributed by atoms with Crippen molar-refractivity contribution in [3.05, 3.63) is 53.7 Å². The second kappa shape index (κ2) is 9.73. The summed E-state index contributed by atoms with van der Waals surface area (Å²) in [4.78, 5) is 30.8. The van der Waals surface area contributed by atoms with Gasteiger partial charge in [0.1, 0.15) is 17.1 Å². The lowest BCUT2D eigenvalue weighted by atomic mass is 10.1. The molecule has 0 radical (unpaired) electrons. The lowest BCUT2D eigenvalue weighted by molar-refractivity contribution is -0.124. The van der Waals surface area contributed by atoms with Crippen LogP contribution in [-0.2, 0) is 16.0 Å². The van der Waals surface area contributed by atoms with Crippen LogP contribution < -0.4 is 15.0 Å². The summed E-state index contributed by atoms with van der Waals surface area (Å²) in [5.41, 5.74) is 1.49. The highest BCUT2D eigenvalue weighted by Gasteiger charge is 2.21. The Balaban J connectivity index is 1.44. The number of rotatable bonds is 8. The lowest BCUT2D eigenvalue weighted by Gasteiger charge is -2.18. The Bertz CT molecular complexity index is 802. The van der Waals surface area contributed by atoms with Gasteiger partial charge in [-0.05, 0) is 49.1 Å². The molecule has 0 saturated carbocycles. The number of hydrogen-bond acceptors (Lipinski definition) is 6. The summed E-state index contributed by atoms with van der Waals surface area (Å²) in [6, 6.07) is 11.0. The molecule has 0 unspecified atom stereocenters. The van der Waals surface area contributed by atoms with Crippen LogP contribution in [0.4, 0.5) is 5.82 Å². The zero-order chi connectivity index (χ0) is 19.8. The van der Waals surface area contributed by atoms with Gasteiger partial charge in [0.15, 0.2) is 6.61 Å². The van der Waals surface area contributed by atoms with Crippen LogP contribution in [-0.4, -0.2) is 50.2 Å². The third-order valence-electron chi connectivity index (χ3n) is 4.64. The van der Waals surface area contributed by atoms with Crippen molar-refractivity contribution in [2.24, 2.45) is 0 Å². The van der Waals surface area contributed by atoms with Crippen LogP contribution >= 0.6 is 0 Å². The number of nitrogens with one attached hydrogen (secondary N) is 1. The first-order valence-corrected chi connectivity index (χ1v) is 9.44. The number of carbonyl (C=O) groups excluding carboxylic acids is 2. The van der Waals surface area contributed by atoms with Gasteiger partial charge in [-0.15, -0.1) is 0 Å². The van der Waals surface area contributed by atoms with Crippen molar-refractivity contribution in [3.63, 3.8) is 0 Å². The molecule has 28 heavy (non-hydrogen) atoms. The van der Waals surface area contributed by atoms with Crippen LogP contribution in [0.3, 0.4) is 0 Å². The maximum absolute atomic E-state index is 12.4. The summed E-state index contributed by atoms with van der Waals surface area (Å²) in [6.07, 6.45) is 4.52. The minimum atomic E-state index is -0.527. The quantitative estimate of drug-likeness (QED) is 0.704. The number of anilines is 1. The van der Waals surface area contributed by atoms with E-state index < -0.39 is 5.97 Å². The molecule has 148 valence electrons.